The number of fused-ring (bicyclic) bond motifs is 1. The van der Waals surface area contributed by atoms with Crippen LogP contribution < -0.4 is 10.1 Å². The number of nitrogens with zero attached hydrogens (tertiary/aromatic N) is 1. The smallest absolute Gasteiger partial charge is 0.340 e. The lowest BCUT2D eigenvalue weighted by atomic mass is 10.0. The molecule has 0 saturated heterocycles. The summed E-state index contributed by atoms with van der Waals surface area (Å²) in [6.45, 7) is 1.59. The SMILES string of the molecule is CC(=O)Nc1cc2ccccc2cc1C(=O)OCc1csc(COc2ccc(F)cc2)n1. The van der Waals surface area contributed by atoms with Crippen molar-refractivity contribution in [2.24, 2.45) is 0 Å². The summed E-state index contributed by atoms with van der Waals surface area (Å²) in [6.07, 6.45) is 0. The molecular formula is C24H19FN2O4S. The maximum absolute atomic E-state index is 13.0. The van der Waals surface area contributed by atoms with Gasteiger partial charge in [0.05, 0.1) is 16.9 Å². The summed E-state index contributed by atoms with van der Waals surface area (Å²) >= 11 is 1.37. The van der Waals surface area contributed by atoms with E-state index in [0.717, 1.165) is 10.8 Å². The summed E-state index contributed by atoms with van der Waals surface area (Å²) < 4.78 is 24.0. The van der Waals surface area contributed by atoms with E-state index in [1.807, 2.05) is 24.3 Å². The Morgan fingerprint density at radius 2 is 1.75 bits per heavy atom. The lowest BCUT2D eigenvalue weighted by Crippen LogP contribution is -2.13. The number of halogens is 1. The van der Waals surface area contributed by atoms with Crippen molar-refractivity contribution in [2.45, 2.75) is 20.1 Å². The van der Waals surface area contributed by atoms with E-state index in [1.54, 1.807) is 29.6 Å². The number of aromatic nitrogens is 1. The number of nitrogens with one attached hydrogen (secondary N) is 1. The standard InChI is InChI=1S/C24H19FN2O4S/c1-15(28)26-22-11-17-5-3-2-4-16(17)10-21(22)24(29)31-12-19-14-32-23(27-19)13-30-20-8-6-18(25)7-9-20/h2-11,14H,12-13H2,1H3,(H,26,28). The number of rotatable bonds is 7. The molecule has 0 bridgehead atoms. The monoisotopic (exact) mass is 450 g/mol. The number of hydrogen-bond acceptors (Lipinski definition) is 6. The van der Waals surface area contributed by atoms with Crippen LogP contribution in [0, 0.1) is 5.82 Å². The van der Waals surface area contributed by atoms with Gasteiger partial charge in [-0.15, -0.1) is 11.3 Å². The fraction of sp³-hybridized carbons (Fsp3) is 0.125. The van der Waals surface area contributed by atoms with Crippen molar-refractivity contribution in [3.8, 4) is 5.75 Å². The normalized spacial score (nSPS) is 10.7. The average molecular weight is 450 g/mol. The molecule has 0 radical (unpaired) electrons. The Balaban J connectivity index is 1.42. The summed E-state index contributed by atoms with van der Waals surface area (Å²) in [4.78, 5) is 28.7. The molecule has 6 nitrogen and oxygen atoms in total. The Hall–Kier alpha value is -3.78. The van der Waals surface area contributed by atoms with Gasteiger partial charge in [-0.3, -0.25) is 4.79 Å². The minimum absolute atomic E-state index is 0.0157. The van der Waals surface area contributed by atoms with E-state index in [0.29, 0.717) is 22.1 Å². The van der Waals surface area contributed by atoms with Crippen molar-refractivity contribution < 1.29 is 23.5 Å². The molecule has 1 heterocycles. The van der Waals surface area contributed by atoms with Crippen LogP contribution >= 0.6 is 11.3 Å². The zero-order valence-electron chi connectivity index (χ0n) is 17.1. The van der Waals surface area contributed by atoms with Gasteiger partial charge in [0, 0.05) is 12.3 Å². The molecule has 0 aliphatic carbocycles. The molecule has 0 spiro atoms. The zero-order valence-corrected chi connectivity index (χ0v) is 17.9. The predicted molar refractivity (Wildman–Crippen MR) is 120 cm³/mol. The molecule has 3 aromatic carbocycles. The summed E-state index contributed by atoms with van der Waals surface area (Å²) in [6, 6.07) is 16.7. The molecule has 0 aliphatic rings. The molecule has 0 fully saturated rings. The van der Waals surface area contributed by atoms with Gasteiger partial charge in [0.15, 0.2) is 0 Å². The number of esters is 1. The van der Waals surface area contributed by atoms with Crippen LogP contribution in [-0.4, -0.2) is 16.9 Å². The van der Waals surface area contributed by atoms with Crippen molar-refractivity contribution in [1.82, 2.24) is 4.98 Å². The van der Waals surface area contributed by atoms with Gasteiger partial charge in [-0.25, -0.2) is 14.2 Å². The number of amides is 1. The number of ether oxygens (including phenoxy) is 2. The second-order valence-electron chi connectivity index (χ2n) is 6.98. The third-order valence-corrected chi connectivity index (χ3v) is 5.41. The number of carbonyl (C=O) groups excluding carboxylic acids is 2. The van der Waals surface area contributed by atoms with E-state index >= 15 is 0 Å². The first-order valence-corrected chi connectivity index (χ1v) is 10.6. The van der Waals surface area contributed by atoms with Crippen LogP contribution in [0.1, 0.15) is 28.0 Å². The molecule has 8 heteroatoms. The van der Waals surface area contributed by atoms with Crippen LogP contribution in [0.5, 0.6) is 5.75 Å². The first-order chi connectivity index (χ1) is 15.5. The van der Waals surface area contributed by atoms with Gasteiger partial charge in [-0.1, -0.05) is 24.3 Å². The lowest BCUT2D eigenvalue weighted by molar-refractivity contribution is -0.114. The summed E-state index contributed by atoms with van der Waals surface area (Å²) in [5.41, 5.74) is 1.25. The van der Waals surface area contributed by atoms with Crippen LogP contribution in [0.2, 0.25) is 0 Å². The first-order valence-electron chi connectivity index (χ1n) is 9.77. The largest absolute Gasteiger partial charge is 0.486 e. The van der Waals surface area contributed by atoms with Crippen LogP contribution in [0.15, 0.2) is 66.0 Å². The van der Waals surface area contributed by atoms with Crippen molar-refractivity contribution in [2.75, 3.05) is 5.32 Å². The summed E-state index contributed by atoms with van der Waals surface area (Å²) in [5.74, 6) is -0.628. The topological polar surface area (TPSA) is 77.5 Å². The molecule has 0 atom stereocenters. The molecule has 32 heavy (non-hydrogen) atoms. The molecule has 162 valence electrons. The number of carbonyl (C=O) groups is 2. The van der Waals surface area contributed by atoms with Crippen molar-refractivity contribution >= 4 is 39.7 Å². The minimum Gasteiger partial charge on any atom is -0.486 e. The Morgan fingerprint density at radius 1 is 1.03 bits per heavy atom. The minimum atomic E-state index is -0.559. The number of hydrogen-bond donors (Lipinski definition) is 1. The summed E-state index contributed by atoms with van der Waals surface area (Å²) in [7, 11) is 0. The van der Waals surface area contributed by atoms with Crippen molar-refractivity contribution in [1.29, 1.82) is 0 Å². The Labute approximate surface area is 187 Å². The third kappa shape index (κ3) is 5.28. The lowest BCUT2D eigenvalue weighted by Gasteiger charge is -2.11. The molecular weight excluding hydrogens is 431 g/mol. The third-order valence-electron chi connectivity index (χ3n) is 4.54. The molecule has 1 amide bonds. The number of anilines is 1. The predicted octanol–water partition coefficient (Wildman–Crippen LogP) is 5.33. The highest BCUT2D eigenvalue weighted by atomic mass is 32.1. The molecule has 1 aromatic heterocycles. The van der Waals surface area contributed by atoms with Gasteiger partial charge in [-0.2, -0.15) is 0 Å². The Kier molecular flexibility index (Phi) is 6.42. The van der Waals surface area contributed by atoms with Crippen LogP contribution in [0.4, 0.5) is 10.1 Å². The van der Waals surface area contributed by atoms with Crippen LogP contribution in [0.25, 0.3) is 10.8 Å². The number of benzene rings is 3. The van der Waals surface area contributed by atoms with Crippen LogP contribution in [0.3, 0.4) is 0 Å². The van der Waals surface area contributed by atoms with Gasteiger partial charge < -0.3 is 14.8 Å². The molecule has 0 saturated carbocycles. The molecule has 1 N–H and O–H groups in total. The quantitative estimate of drug-likeness (QED) is 0.385. The molecule has 4 rings (SSSR count). The fourth-order valence-electron chi connectivity index (χ4n) is 3.08. The van der Waals surface area contributed by atoms with Gasteiger partial charge in [0.1, 0.15) is 29.8 Å². The van der Waals surface area contributed by atoms with Gasteiger partial charge in [0.2, 0.25) is 5.91 Å². The maximum Gasteiger partial charge on any atom is 0.340 e. The van der Waals surface area contributed by atoms with Crippen molar-refractivity contribution in [3.05, 3.63) is 88.1 Å². The van der Waals surface area contributed by atoms with Gasteiger partial charge in [-0.05, 0) is 47.2 Å². The van der Waals surface area contributed by atoms with E-state index in [-0.39, 0.29) is 30.5 Å². The Morgan fingerprint density at radius 3 is 2.47 bits per heavy atom. The molecule has 0 unspecified atom stereocenters. The van der Waals surface area contributed by atoms with E-state index in [9.17, 15) is 14.0 Å². The maximum atomic E-state index is 13.0. The van der Waals surface area contributed by atoms with E-state index in [1.165, 1.54) is 30.4 Å². The van der Waals surface area contributed by atoms with Gasteiger partial charge in [0.25, 0.3) is 0 Å². The van der Waals surface area contributed by atoms with Gasteiger partial charge >= 0.3 is 5.97 Å². The fourth-order valence-corrected chi connectivity index (χ4v) is 3.77. The Bertz CT molecular complexity index is 1270. The molecule has 4 aromatic rings. The van der Waals surface area contributed by atoms with Crippen LogP contribution in [-0.2, 0) is 22.7 Å². The number of thiazole rings is 1. The van der Waals surface area contributed by atoms with Crippen molar-refractivity contribution in [3.63, 3.8) is 0 Å². The highest BCUT2D eigenvalue weighted by Crippen LogP contribution is 2.25. The second kappa shape index (κ2) is 9.57. The van der Waals surface area contributed by atoms with E-state index < -0.39 is 5.97 Å². The average Bonchev–Trinajstić information content (AvgIpc) is 3.24. The van der Waals surface area contributed by atoms with E-state index in [2.05, 4.69) is 10.3 Å². The first kappa shape index (κ1) is 21.5. The van der Waals surface area contributed by atoms with E-state index in [4.69, 9.17) is 9.47 Å². The highest BCUT2D eigenvalue weighted by Gasteiger charge is 2.16. The summed E-state index contributed by atoms with van der Waals surface area (Å²) in [5, 5.41) is 6.94. The second-order valence-corrected chi connectivity index (χ2v) is 7.92. The zero-order chi connectivity index (χ0) is 22.5. The molecule has 0 aliphatic heterocycles. The highest BCUT2D eigenvalue weighted by molar-refractivity contribution is 7.09.